The maximum Gasteiger partial charge on any atom is 0.223 e. The van der Waals surface area contributed by atoms with Crippen molar-refractivity contribution >= 4 is 17.4 Å². The number of piperidine rings is 1. The summed E-state index contributed by atoms with van der Waals surface area (Å²) in [5.74, 6) is 2.01. The summed E-state index contributed by atoms with van der Waals surface area (Å²) in [4.78, 5) is 19.9. The predicted octanol–water partition coefficient (Wildman–Crippen LogP) is 4.81. The molecule has 7 heteroatoms. The zero-order chi connectivity index (χ0) is 25.1. The Kier molecular flexibility index (Phi) is 6.89. The van der Waals surface area contributed by atoms with E-state index in [1.807, 2.05) is 41.8 Å². The number of amides is 1. The van der Waals surface area contributed by atoms with E-state index in [0.29, 0.717) is 6.54 Å². The Morgan fingerprint density at radius 1 is 1.03 bits per heavy atom. The van der Waals surface area contributed by atoms with Gasteiger partial charge in [-0.3, -0.25) is 4.79 Å². The number of carbonyl (C=O) groups is 1. The lowest BCUT2D eigenvalue weighted by atomic mass is 9.95. The molecule has 0 bridgehead atoms. The van der Waals surface area contributed by atoms with Gasteiger partial charge in [-0.1, -0.05) is 31.2 Å². The van der Waals surface area contributed by atoms with Gasteiger partial charge >= 0.3 is 0 Å². The molecule has 1 saturated heterocycles. The number of hydrogen-bond donors (Lipinski definition) is 1. The summed E-state index contributed by atoms with van der Waals surface area (Å²) in [6.07, 6.45) is 2.65. The van der Waals surface area contributed by atoms with Gasteiger partial charge < -0.3 is 15.0 Å². The molecule has 0 atom stereocenters. The number of carbonyl (C=O) groups excluding carboxylic acids is 1. The van der Waals surface area contributed by atoms with Crippen molar-refractivity contribution in [2.75, 3.05) is 25.1 Å². The number of rotatable bonds is 7. The van der Waals surface area contributed by atoms with Crippen molar-refractivity contribution in [1.29, 1.82) is 0 Å². The summed E-state index contributed by atoms with van der Waals surface area (Å²) in [6, 6.07) is 20.5. The van der Waals surface area contributed by atoms with Crippen molar-refractivity contribution in [2.24, 2.45) is 5.92 Å². The largest absolute Gasteiger partial charge is 0.497 e. The molecule has 1 amide bonds. The van der Waals surface area contributed by atoms with E-state index in [4.69, 9.17) is 14.8 Å². The fourth-order valence-electron chi connectivity index (χ4n) is 4.81. The Bertz CT molecular complexity index is 1340. The highest BCUT2D eigenvalue weighted by Crippen LogP contribution is 2.28. The number of benzene rings is 2. The molecule has 7 nitrogen and oxygen atoms in total. The number of ether oxygens (including phenoxy) is 1. The van der Waals surface area contributed by atoms with Gasteiger partial charge in [-0.25, -0.2) is 4.98 Å². The first kappa shape index (κ1) is 23.9. The van der Waals surface area contributed by atoms with Crippen LogP contribution in [0.5, 0.6) is 5.75 Å². The minimum atomic E-state index is 0.0297. The molecular formula is C29H33N5O2. The average Bonchev–Trinajstić information content (AvgIpc) is 3.35. The molecule has 1 N–H and O–H groups in total. The molecule has 4 aromatic rings. The maximum atomic E-state index is 12.8. The Morgan fingerprint density at radius 2 is 1.72 bits per heavy atom. The van der Waals surface area contributed by atoms with E-state index in [1.165, 1.54) is 5.56 Å². The van der Waals surface area contributed by atoms with E-state index in [0.717, 1.165) is 72.1 Å². The Balaban J connectivity index is 1.26. The van der Waals surface area contributed by atoms with Gasteiger partial charge in [0.15, 0.2) is 5.65 Å². The molecule has 0 aliphatic carbocycles. The molecule has 0 saturated carbocycles. The molecule has 0 spiro atoms. The average molecular weight is 484 g/mol. The van der Waals surface area contributed by atoms with E-state index < -0.39 is 0 Å². The monoisotopic (exact) mass is 483 g/mol. The summed E-state index contributed by atoms with van der Waals surface area (Å²) in [6.45, 7) is 6.35. The zero-order valence-corrected chi connectivity index (χ0v) is 21.2. The van der Waals surface area contributed by atoms with E-state index >= 15 is 0 Å². The maximum absolute atomic E-state index is 12.8. The smallest absolute Gasteiger partial charge is 0.223 e. The Hall–Kier alpha value is -3.87. The second-order valence-electron chi connectivity index (χ2n) is 9.43. The van der Waals surface area contributed by atoms with Gasteiger partial charge in [-0.2, -0.15) is 9.61 Å². The first-order valence-corrected chi connectivity index (χ1v) is 12.7. The number of nitrogens with zero attached hydrogens (tertiary/aromatic N) is 4. The standard InChI is InChI=1S/C29H33N5O2/c1-4-21-5-7-22(8-6-21)19-30-29(35)24-13-15-33(16-14-24)28-17-20(2)31-27-18-26(32-34(27)28)23-9-11-25(36-3)12-10-23/h5-12,17-18,24H,4,13-16,19H2,1-3H3,(H,30,35). The number of fused-ring (bicyclic) bond motifs is 1. The fraction of sp³-hybridized carbons (Fsp3) is 0.345. The van der Waals surface area contributed by atoms with Gasteiger partial charge in [0, 0.05) is 48.9 Å². The minimum absolute atomic E-state index is 0.0297. The van der Waals surface area contributed by atoms with Crippen LogP contribution in [0, 0.1) is 12.8 Å². The normalized spacial score (nSPS) is 14.2. The first-order valence-electron chi connectivity index (χ1n) is 12.7. The SMILES string of the molecule is CCc1ccc(CNC(=O)C2CCN(c3cc(C)nc4cc(-c5ccc(OC)cc5)nn34)CC2)cc1. The van der Waals surface area contributed by atoms with Gasteiger partial charge in [0.05, 0.1) is 12.8 Å². The van der Waals surface area contributed by atoms with E-state index in [2.05, 4.69) is 47.5 Å². The fourth-order valence-corrected chi connectivity index (χ4v) is 4.81. The first-order chi connectivity index (χ1) is 17.5. The highest BCUT2D eigenvalue weighted by molar-refractivity contribution is 5.79. The molecule has 2 aromatic heterocycles. The van der Waals surface area contributed by atoms with Crippen LogP contribution in [0.4, 0.5) is 5.82 Å². The van der Waals surface area contributed by atoms with Crippen LogP contribution >= 0.6 is 0 Å². The molecule has 3 heterocycles. The summed E-state index contributed by atoms with van der Waals surface area (Å²) in [5, 5.41) is 8.01. The van der Waals surface area contributed by atoms with Crippen LogP contribution in [0.2, 0.25) is 0 Å². The van der Waals surface area contributed by atoms with Crippen LogP contribution in [-0.2, 0) is 17.8 Å². The molecule has 1 aliphatic heterocycles. The van der Waals surface area contributed by atoms with Crippen LogP contribution < -0.4 is 15.0 Å². The second kappa shape index (κ2) is 10.4. The number of aromatic nitrogens is 3. The third kappa shape index (κ3) is 5.05. The van der Waals surface area contributed by atoms with E-state index in [9.17, 15) is 4.79 Å². The molecule has 1 aliphatic rings. The summed E-state index contributed by atoms with van der Waals surface area (Å²) in [7, 11) is 1.66. The van der Waals surface area contributed by atoms with Crippen molar-refractivity contribution in [2.45, 2.75) is 39.7 Å². The van der Waals surface area contributed by atoms with Gasteiger partial charge in [0.2, 0.25) is 5.91 Å². The third-order valence-electron chi connectivity index (χ3n) is 7.01. The van der Waals surface area contributed by atoms with Gasteiger partial charge in [-0.05, 0) is 61.6 Å². The number of nitrogens with one attached hydrogen (secondary N) is 1. The summed E-state index contributed by atoms with van der Waals surface area (Å²) < 4.78 is 7.20. The van der Waals surface area contributed by atoms with Crippen LogP contribution in [0.25, 0.3) is 16.9 Å². The lowest BCUT2D eigenvalue weighted by Crippen LogP contribution is -2.41. The van der Waals surface area contributed by atoms with Gasteiger partial charge in [-0.15, -0.1) is 0 Å². The second-order valence-corrected chi connectivity index (χ2v) is 9.43. The van der Waals surface area contributed by atoms with Gasteiger partial charge in [0.1, 0.15) is 11.6 Å². The van der Waals surface area contributed by atoms with Crippen molar-refractivity contribution in [3.05, 3.63) is 77.5 Å². The molecule has 1 fully saturated rings. The lowest BCUT2D eigenvalue weighted by molar-refractivity contribution is -0.125. The summed E-state index contributed by atoms with van der Waals surface area (Å²) in [5.41, 5.74) is 6.12. The third-order valence-corrected chi connectivity index (χ3v) is 7.01. The molecule has 5 rings (SSSR count). The molecule has 0 unspecified atom stereocenters. The van der Waals surface area contributed by atoms with Crippen LogP contribution in [0.3, 0.4) is 0 Å². The highest BCUT2D eigenvalue weighted by Gasteiger charge is 2.26. The molecular weight excluding hydrogens is 450 g/mol. The van der Waals surface area contributed by atoms with E-state index in [-0.39, 0.29) is 11.8 Å². The number of aryl methyl sites for hydroxylation is 2. The van der Waals surface area contributed by atoms with Crippen LogP contribution in [0.15, 0.2) is 60.7 Å². The Morgan fingerprint density at radius 3 is 2.39 bits per heavy atom. The van der Waals surface area contributed by atoms with Crippen molar-refractivity contribution in [1.82, 2.24) is 19.9 Å². The topological polar surface area (TPSA) is 71.8 Å². The predicted molar refractivity (Wildman–Crippen MR) is 142 cm³/mol. The van der Waals surface area contributed by atoms with Crippen molar-refractivity contribution in [3.63, 3.8) is 0 Å². The highest BCUT2D eigenvalue weighted by atomic mass is 16.5. The van der Waals surface area contributed by atoms with Crippen molar-refractivity contribution in [3.8, 4) is 17.0 Å². The molecule has 0 radical (unpaired) electrons. The summed E-state index contributed by atoms with van der Waals surface area (Å²) >= 11 is 0. The quantitative estimate of drug-likeness (QED) is 0.409. The van der Waals surface area contributed by atoms with E-state index in [1.54, 1.807) is 7.11 Å². The Labute approximate surface area is 212 Å². The number of anilines is 1. The van der Waals surface area contributed by atoms with Gasteiger partial charge in [0.25, 0.3) is 0 Å². The van der Waals surface area contributed by atoms with Crippen molar-refractivity contribution < 1.29 is 9.53 Å². The zero-order valence-electron chi connectivity index (χ0n) is 21.2. The van der Waals surface area contributed by atoms with Crippen LogP contribution in [-0.4, -0.2) is 40.7 Å². The minimum Gasteiger partial charge on any atom is -0.497 e. The molecule has 186 valence electrons. The molecule has 2 aromatic carbocycles. The number of hydrogen-bond acceptors (Lipinski definition) is 5. The van der Waals surface area contributed by atoms with Crippen LogP contribution in [0.1, 0.15) is 36.6 Å². The number of methoxy groups -OCH3 is 1. The lowest BCUT2D eigenvalue weighted by Gasteiger charge is -2.33. The molecule has 36 heavy (non-hydrogen) atoms.